The maximum absolute atomic E-state index is 12.3. The zero-order valence-corrected chi connectivity index (χ0v) is 13.0. The van der Waals surface area contributed by atoms with Crippen LogP contribution in [-0.4, -0.2) is 54.6 Å². The number of alkyl halides is 2. The lowest BCUT2D eigenvalue weighted by Crippen LogP contribution is -2.42. The van der Waals surface area contributed by atoms with Gasteiger partial charge in [0.15, 0.2) is 0 Å². The number of hydrogen-bond acceptors (Lipinski definition) is 3. The van der Waals surface area contributed by atoms with E-state index in [0.29, 0.717) is 25.9 Å². The van der Waals surface area contributed by atoms with Crippen molar-refractivity contribution in [3.05, 3.63) is 0 Å². The Balaban J connectivity index is 2.29. The van der Waals surface area contributed by atoms with E-state index < -0.39 is 6.43 Å². The lowest BCUT2D eigenvalue weighted by atomic mass is 9.92. The fourth-order valence-corrected chi connectivity index (χ4v) is 2.81. The molecule has 0 aromatic heterocycles. The van der Waals surface area contributed by atoms with Crippen LogP contribution in [0, 0.1) is 11.8 Å². The van der Waals surface area contributed by atoms with E-state index in [4.69, 9.17) is 5.11 Å². The van der Waals surface area contributed by atoms with Crippen LogP contribution in [0.25, 0.3) is 0 Å². The number of hydrogen-bond donors (Lipinski definition) is 2. The number of carbonyl (C=O) groups is 1. The van der Waals surface area contributed by atoms with Crippen LogP contribution in [0.1, 0.15) is 39.5 Å². The van der Waals surface area contributed by atoms with Crippen molar-refractivity contribution in [1.29, 1.82) is 0 Å². The molecule has 0 aromatic rings. The van der Waals surface area contributed by atoms with Crippen LogP contribution in [0.3, 0.4) is 0 Å². The standard InChI is InChI=1S/C15H28F2N2O2/c1-11(2)13(5-8-20)18-15(21)9-12-3-6-19(7-4-12)10-14(16)17/h11-14,20H,3-10H2,1-2H3,(H,18,21)/t13-/m0/s1. The summed E-state index contributed by atoms with van der Waals surface area (Å²) in [4.78, 5) is 13.8. The lowest BCUT2D eigenvalue weighted by Gasteiger charge is -2.31. The van der Waals surface area contributed by atoms with Gasteiger partial charge in [0.2, 0.25) is 5.91 Å². The van der Waals surface area contributed by atoms with Crippen molar-refractivity contribution < 1.29 is 18.7 Å². The second-order valence-corrected chi connectivity index (χ2v) is 6.27. The predicted molar refractivity (Wildman–Crippen MR) is 78.3 cm³/mol. The highest BCUT2D eigenvalue weighted by atomic mass is 19.3. The molecule has 1 atom stereocenters. The van der Waals surface area contributed by atoms with E-state index in [1.165, 1.54) is 0 Å². The van der Waals surface area contributed by atoms with Crippen molar-refractivity contribution in [1.82, 2.24) is 10.2 Å². The number of halogens is 2. The fraction of sp³-hybridized carbons (Fsp3) is 0.933. The zero-order valence-electron chi connectivity index (χ0n) is 13.0. The molecule has 21 heavy (non-hydrogen) atoms. The molecule has 1 heterocycles. The molecule has 1 amide bonds. The molecule has 1 rings (SSSR count). The van der Waals surface area contributed by atoms with Crippen LogP contribution >= 0.6 is 0 Å². The zero-order chi connectivity index (χ0) is 15.8. The van der Waals surface area contributed by atoms with E-state index >= 15 is 0 Å². The summed E-state index contributed by atoms with van der Waals surface area (Å²) >= 11 is 0. The first kappa shape index (κ1) is 18.3. The van der Waals surface area contributed by atoms with Gasteiger partial charge in [0.1, 0.15) is 0 Å². The third-order valence-electron chi connectivity index (χ3n) is 4.17. The Morgan fingerprint density at radius 2 is 1.95 bits per heavy atom. The Kier molecular flexibility index (Phi) is 8.11. The van der Waals surface area contributed by atoms with Crippen LogP contribution in [0.2, 0.25) is 0 Å². The summed E-state index contributed by atoms with van der Waals surface area (Å²) in [6, 6.07) is 0.00132. The number of likely N-dealkylation sites (tertiary alicyclic amines) is 1. The molecule has 0 aliphatic carbocycles. The summed E-state index contributed by atoms with van der Waals surface area (Å²) < 4.78 is 24.6. The summed E-state index contributed by atoms with van der Waals surface area (Å²) in [6.07, 6.45) is 0.335. The Bertz CT molecular complexity index is 306. The third kappa shape index (κ3) is 7.18. The Morgan fingerprint density at radius 3 is 2.43 bits per heavy atom. The van der Waals surface area contributed by atoms with Crippen LogP contribution in [0.15, 0.2) is 0 Å². The minimum Gasteiger partial charge on any atom is -0.396 e. The number of rotatable bonds is 8. The topological polar surface area (TPSA) is 52.6 Å². The van der Waals surface area contributed by atoms with Crippen LogP contribution in [0.4, 0.5) is 8.78 Å². The van der Waals surface area contributed by atoms with Gasteiger partial charge in [-0.05, 0) is 44.2 Å². The predicted octanol–water partition coefficient (Wildman–Crippen LogP) is 1.88. The normalized spacial score (nSPS) is 19.2. The average molecular weight is 306 g/mol. The molecule has 124 valence electrons. The van der Waals surface area contributed by atoms with Gasteiger partial charge in [-0.2, -0.15) is 0 Å². The van der Waals surface area contributed by atoms with E-state index in [1.54, 1.807) is 4.90 Å². The van der Waals surface area contributed by atoms with Crippen LogP contribution in [0.5, 0.6) is 0 Å². The number of piperidine rings is 1. The monoisotopic (exact) mass is 306 g/mol. The Labute approximate surface area is 125 Å². The van der Waals surface area contributed by atoms with E-state index in [1.807, 2.05) is 13.8 Å². The molecule has 0 aromatic carbocycles. The van der Waals surface area contributed by atoms with Crippen LogP contribution < -0.4 is 5.32 Å². The first-order chi connectivity index (χ1) is 9.92. The smallest absolute Gasteiger partial charge is 0.251 e. The van der Waals surface area contributed by atoms with Gasteiger partial charge in [-0.3, -0.25) is 9.69 Å². The molecule has 6 heteroatoms. The van der Waals surface area contributed by atoms with Gasteiger partial charge < -0.3 is 10.4 Å². The third-order valence-corrected chi connectivity index (χ3v) is 4.17. The second-order valence-electron chi connectivity index (χ2n) is 6.27. The van der Waals surface area contributed by atoms with Crippen molar-refractivity contribution in [2.45, 2.75) is 52.0 Å². The number of aliphatic hydroxyl groups excluding tert-OH is 1. The second kappa shape index (κ2) is 9.30. The molecule has 1 fully saturated rings. The van der Waals surface area contributed by atoms with E-state index in [9.17, 15) is 13.6 Å². The van der Waals surface area contributed by atoms with Crippen molar-refractivity contribution in [3.8, 4) is 0 Å². The number of nitrogens with one attached hydrogen (secondary N) is 1. The van der Waals surface area contributed by atoms with Crippen molar-refractivity contribution in [2.75, 3.05) is 26.2 Å². The van der Waals surface area contributed by atoms with Gasteiger partial charge in [-0.15, -0.1) is 0 Å². The van der Waals surface area contributed by atoms with Gasteiger partial charge in [-0.25, -0.2) is 8.78 Å². The summed E-state index contributed by atoms with van der Waals surface area (Å²) in [7, 11) is 0. The summed E-state index contributed by atoms with van der Waals surface area (Å²) in [6.45, 7) is 5.23. The van der Waals surface area contributed by atoms with Gasteiger partial charge >= 0.3 is 0 Å². The highest BCUT2D eigenvalue weighted by Crippen LogP contribution is 2.21. The largest absolute Gasteiger partial charge is 0.396 e. The minimum absolute atomic E-state index is 0.00132. The van der Waals surface area contributed by atoms with Crippen molar-refractivity contribution in [3.63, 3.8) is 0 Å². The molecule has 0 unspecified atom stereocenters. The number of amides is 1. The lowest BCUT2D eigenvalue weighted by molar-refractivity contribution is -0.123. The molecule has 0 radical (unpaired) electrons. The summed E-state index contributed by atoms with van der Waals surface area (Å²) in [5.41, 5.74) is 0. The molecular formula is C15H28F2N2O2. The van der Waals surface area contributed by atoms with Crippen molar-refractivity contribution >= 4 is 5.91 Å². The van der Waals surface area contributed by atoms with Gasteiger partial charge in [0, 0.05) is 19.1 Å². The van der Waals surface area contributed by atoms with E-state index in [-0.39, 0.29) is 36.9 Å². The maximum atomic E-state index is 12.3. The molecule has 1 aliphatic rings. The molecular weight excluding hydrogens is 278 g/mol. The fourth-order valence-electron chi connectivity index (χ4n) is 2.81. The SMILES string of the molecule is CC(C)[C@H](CCO)NC(=O)CC1CCN(CC(F)F)CC1. The molecule has 4 nitrogen and oxygen atoms in total. The molecule has 0 saturated carbocycles. The number of nitrogens with zero attached hydrogens (tertiary/aromatic N) is 1. The van der Waals surface area contributed by atoms with Gasteiger partial charge in [0.25, 0.3) is 6.43 Å². The number of aliphatic hydroxyl groups is 1. The average Bonchev–Trinajstić information content (AvgIpc) is 2.40. The minimum atomic E-state index is -2.28. The molecule has 0 spiro atoms. The van der Waals surface area contributed by atoms with E-state index in [0.717, 1.165) is 12.8 Å². The molecule has 0 bridgehead atoms. The molecule has 2 N–H and O–H groups in total. The number of carbonyl (C=O) groups excluding carboxylic acids is 1. The molecule has 1 aliphatic heterocycles. The Morgan fingerprint density at radius 1 is 1.33 bits per heavy atom. The van der Waals surface area contributed by atoms with E-state index in [2.05, 4.69) is 5.32 Å². The maximum Gasteiger partial charge on any atom is 0.251 e. The van der Waals surface area contributed by atoms with Crippen LogP contribution in [-0.2, 0) is 4.79 Å². The van der Waals surface area contributed by atoms with Crippen molar-refractivity contribution in [2.24, 2.45) is 11.8 Å². The summed E-state index contributed by atoms with van der Waals surface area (Å²) in [5, 5.41) is 12.0. The first-order valence-corrected chi connectivity index (χ1v) is 7.83. The highest BCUT2D eigenvalue weighted by Gasteiger charge is 2.24. The first-order valence-electron chi connectivity index (χ1n) is 7.83. The van der Waals surface area contributed by atoms with Gasteiger partial charge in [-0.1, -0.05) is 13.8 Å². The highest BCUT2D eigenvalue weighted by molar-refractivity contribution is 5.76. The van der Waals surface area contributed by atoms with Gasteiger partial charge in [0.05, 0.1) is 6.54 Å². The quantitative estimate of drug-likeness (QED) is 0.720. The Hall–Kier alpha value is -0.750. The summed E-state index contributed by atoms with van der Waals surface area (Å²) in [5.74, 6) is 0.573. The molecule has 1 saturated heterocycles.